The molecule has 0 bridgehead atoms. The molecule has 0 radical (unpaired) electrons. The van der Waals surface area contributed by atoms with Gasteiger partial charge in [0.25, 0.3) is 0 Å². The molecule has 2 unspecified atom stereocenters. The molecular formula is C16H26N2O2S. The van der Waals surface area contributed by atoms with Crippen LogP contribution in [0.4, 0.5) is 5.69 Å². The third-order valence-electron chi connectivity index (χ3n) is 4.16. The zero-order valence-electron chi connectivity index (χ0n) is 13.0. The van der Waals surface area contributed by atoms with Crippen LogP contribution >= 0.6 is 0 Å². The highest BCUT2D eigenvalue weighted by molar-refractivity contribution is 7.91. The minimum Gasteiger partial charge on any atom is -0.367 e. The first-order valence-electron chi connectivity index (χ1n) is 7.80. The van der Waals surface area contributed by atoms with Crippen LogP contribution in [0, 0.1) is 0 Å². The third kappa shape index (κ3) is 3.77. The highest BCUT2D eigenvalue weighted by atomic mass is 32.2. The molecule has 0 aliphatic carbocycles. The van der Waals surface area contributed by atoms with Gasteiger partial charge in [-0.3, -0.25) is 0 Å². The Morgan fingerprint density at radius 2 is 1.95 bits per heavy atom. The summed E-state index contributed by atoms with van der Waals surface area (Å²) in [6, 6.07) is 7.76. The summed E-state index contributed by atoms with van der Waals surface area (Å²) in [5.41, 5.74) is 7.17. The lowest BCUT2D eigenvalue weighted by atomic mass is 9.96. The molecule has 1 fully saturated rings. The second-order valence-corrected chi connectivity index (χ2v) is 8.04. The number of nitrogens with zero attached hydrogens (tertiary/aromatic N) is 1. The van der Waals surface area contributed by atoms with Gasteiger partial charge in [-0.2, -0.15) is 0 Å². The van der Waals surface area contributed by atoms with E-state index in [1.807, 2.05) is 26.0 Å². The number of anilines is 1. The van der Waals surface area contributed by atoms with Crippen LogP contribution in [0.25, 0.3) is 0 Å². The lowest BCUT2D eigenvalue weighted by Gasteiger charge is -2.39. The van der Waals surface area contributed by atoms with Gasteiger partial charge in [-0.1, -0.05) is 6.92 Å². The maximum atomic E-state index is 12.1. The molecule has 21 heavy (non-hydrogen) atoms. The number of sulfone groups is 1. The van der Waals surface area contributed by atoms with Gasteiger partial charge < -0.3 is 10.6 Å². The van der Waals surface area contributed by atoms with Gasteiger partial charge in [-0.05, 0) is 56.9 Å². The predicted molar refractivity (Wildman–Crippen MR) is 87.4 cm³/mol. The molecule has 4 nitrogen and oxygen atoms in total. The molecule has 0 aromatic heterocycles. The summed E-state index contributed by atoms with van der Waals surface area (Å²) < 4.78 is 24.1. The molecular weight excluding hydrogens is 284 g/mol. The Hall–Kier alpha value is -1.07. The Morgan fingerprint density at radius 1 is 1.29 bits per heavy atom. The van der Waals surface area contributed by atoms with Gasteiger partial charge in [0, 0.05) is 24.3 Å². The van der Waals surface area contributed by atoms with Crippen molar-refractivity contribution >= 4 is 15.5 Å². The molecule has 0 spiro atoms. The SMILES string of the molecule is CCCS(=O)(=O)c1ccc(N2CCCCC2C(C)N)cc1. The van der Waals surface area contributed by atoms with Crippen LogP contribution in [0.2, 0.25) is 0 Å². The van der Waals surface area contributed by atoms with Crippen LogP contribution in [-0.4, -0.2) is 32.8 Å². The van der Waals surface area contributed by atoms with Crippen molar-refractivity contribution in [2.24, 2.45) is 5.73 Å². The highest BCUT2D eigenvalue weighted by Crippen LogP contribution is 2.27. The molecule has 2 rings (SSSR count). The zero-order valence-corrected chi connectivity index (χ0v) is 13.8. The van der Waals surface area contributed by atoms with Gasteiger partial charge in [0.05, 0.1) is 10.6 Å². The minimum absolute atomic E-state index is 0.119. The number of rotatable bonds is 5. The summed E-state index contributed by atoms with van der Waals surface area (Å²) in [7, 11) is -3.13. The van der Waals surface area contributed by atoms with Gasteiger partial charge in [0.1, 0.15) is 0 Å². The Morgan fingerprint density at radius 3 is 2.52 bits per heavy atom. The van der Waals surface area contributed by atoms with Crippen LogP contribution in [-0.2, 0) is 9.84 Å². The molecule has 0 amide bonds. The Labute approximate surface area is 128 Å². The lowest BCUT2D eigenvalue weighted by molar-refractivity contribution is 0.413. The standard InChI is InChI=1S/C16H26N2O2S/c1-3-12-21(19,20)15-9-7-14(8-10-15)18-11-5-4-6-16(18)13(2)17/h7-10,13,16H,3-6,11-12,17H2,1-2H3. The van der Waals surface area contributed by atoms with E-state index in [4.69, 9.17) is 5.73 Å². The first-order valence-corrected chi connectivity index (χ1v) is 9.46. The molecule has 1 saturated heterocycles. The van der Waals surface area contributed by atoms with E-state index in [-0.39, 0.29) is 11.8 Å². The number of piperidine rings is 1. The summed E-state index contributed by atoms with van der Waals surface area (Å²) >= 11 is 0. The molecule has 1 aliphatic rings. The Balaban J connectivity index is 2.22. The minimum atomic E-state index is -3.13. The molecule has 1 heterocycles. The van der Waals surface area contributed by atoms with Gasteiger partial charge in [-0.25, -0.2) is 8.42 Å². The maximum Gasteiger partial charge on any atom is 0.178 e. The van der Waals surface area contributed by atoms with E-state index in [0.29, 0.717) is 17.4 Å². The number of benzene rings is 1. The van der Waals surface area contributed by atoms with Crippen molar-refractivity contribution in [1.29, 1.82) is 0 Å². The van der Waals surface area contributed by atoms with Crippen LogP contribution in [0.3, 0.4) is 0 Å². The summed E-state index contributed by atoms with van der Waals surface area (Å²) in [5.74, 6) is 0.207. The average Bonchev–Trinajstić information content (AvgIpc) is 2.47. The lowest BCUT2D eigenvalue weighted by Crippen LogP contribution is -2.49. The molecule has 0 saturated carbocycles. The van der Waals surface area contributed by atoms with Crippen molar-refractivity contribution in [1.82, 2.24) is 0 Å². The quantitative estimate of drug-likeness (QED) is 0.908. The number of hydrogen-bond acceptors (Lipinski definition) is 4. The summed E-state index contributed by atoms with van der Waals surface area (Å²) in [6.45, 7) is 4.92. The fourth-order valence-corrected chi connectivity index (χ4v) is 4.38. The molecule has 1 aliphatic heterocycles. The van der Waals surface area contributed by atoms with Gasteiger partial charge in [0.15, 0.2) is 9.84 Å². The first kappa shape index (κ1) is 16.3. The van der Waals surface area contributed by atoms with Crippen molar-refractivity contribution in [3.63, 3.8) is 0 Å². The van der Waals surface area contributed by atoms with Gasteiger partial charge in [-0.15, -0.1) is 0 Å². The van der Waals surface area contributed by atoms with E-state index in [1.54, 1.807) is 12.1 Å². The maximum absolute atomic E-state index is 12.1. The summed E-state index contributed by atoms with van der Waals surface area (Å²) in [6.07, 6.45) is 4.13. The number of nitrogens with two attached hydrogens (primary N) is 1. The molecule has 2 N–H and O–H groups in total. The molecule has 2 atom stereocenters. The predicted octanol–water partition coefficient (Wildman–Crippen LogP) is 2.58. The molecule has 1 aromatic rings. The normalized spacial score (nSPS) is 21.3. The smallest absolute Gasteiger partial charge is 0.178 e. The topological polar surface area (TPSA) is 63.4 Å². The van der Waals surface area contributed by atoms with Crippen molar-refractivity contribution in [2.45, 2.75) is 56.5 Å². The fourth-order valence-electron chi connectivity index (χ4n) is 3.06. The summed E-state index contributed by atoms with van der Waals surface area (Å²) in [4.78, 5) is 2.74. The Bertz CT molecular complexity index is 552. The van der Waals surface area contributed by atoms with E-state index < -0.39 is 9.84 Å². The van der Waals surface area contributed by atoms with Crippen LogP contribution in [0.15, 0.2) is 29.2 Å². The highest BCUT2D eigenvalue weighted by Gasteiger charge is 2.25. The van der Waals surface area contributed by atoms with Crippen LogP contribution in [0.5, 0.6) is 0 Å². The Kier molecular flexibility index (Phi) is 5.27. The van der Waals surface area contributed by atoms with E-state index in [2.05, 4.69) is 4.90 Å². The van der Waals surface area contributed by atoms with Crippen molar-refractivity contribution in [3.05, 3.63) is 24.3 Å². The van der Waals surface area contributed by atoms with E-state index in [0.717, 1.165) is 18.7 Å². The van der Waals surface area contributed by atoms with Gasteiger partial charge >= 0.3 is 0 Å². The first-order chi connectivity index (χ1) is 9.95. The van der Waals surface area contributed by atoms with Crippen LogP contribution in [0.1, 0.15) is 39.5 Å². The van der Waals surface area contributed by atoms with Crippen LogP contribution < -0.4 is 10.6 Å². The van der Waals surface area contributed by atoms with E-state index in [9.17, 15) is 8.42 Å². The zero-order chi connectivity index (χ0) is 15.5. The molecule has 1 aromatic carbocycles. The summed E-state index contributed by atoms with van der Waals surface area (Å²) in [5, 5.41) is 0. The van der Waals surface area contributed by atoms with E-state index in [1.165, 1.54) is 12.8 Å². The monoisotopic (exact) mass is 310 g/mol. The number of hydrogen-bond donors (Lipinski definition) is 1. The largest absolute Gasteiger partial charge is 0.367 e. The van der Waals surface area contributed by atoms with Crippen molar-refractivity contribution < 1.29 is 8.42 Å². The van der Waals surface area contributed by atoms with E-state index >= 15 is 0 Å². The molecule has 5 heteroatoms. The van der Waals surface area contributed by atoms with Crippen molar-refractivity contribution in [2.75, 3.05) is 17.2 Å². The third-order valence-corrected chi connectivity index (χ3v) is 6.09. The van der Waals surface area contributed by atoms with Gasteiger partial charge in [0.2, 0.25) is 0 Å². The second kappa shape index (κ2) is 6.79. The molecule has 118 valence electrons. The second-order valence-electron chi connectivity index (χ2n) is 5.93. The average molecular weight is 310 g/mol. The fraction of sp³-hybridized carbons (Fsp3) is 0.625. The van der Waals surface area contributed by atoms with Crippen molar-refractivity contribution in [3.8, 4) is 0 Å².